The van der Waals surface area contributed by atoms with Crippen molar-refractivity contribution in [3.05, 3.63) is 12.2 Å². The molecule has 0 aliphatic carbocycles. The first kappa shape index (κ1) is 15.6. The van der Waals surface area contributed by atoms with Gasteiger partial charge in [0.2, 0.25) is 0 Å². The Morgan fingerprint density at radius 3 is 2.28 bits per heavy atom. The predicted octanol–water partition coefficient (Wildman–Crippen LogP) is 3.12. The number of carbonyl (C=O) groups excluding carboxylic acids is 2. The average molecular weight is 287 g/mol. The number of carbonyl (C=O) groups is 2. The van der Waals surface area contributed by atoms with Crippen LogP contribution in [-0.4, -0.2) is 33.8 Å². The van der Waals surface area contributed by atoms with Crippen molar-refractivity contribution < 1.29 is 9.59 Å². The summed E-state index contributed by atoms with van der Waals surface area (Å²) < 4.78 is 0.255. The summed E-state index contributed by atoms with van der Waals surface area (Å²) in [5, 5.41) is 0. The molecule has 0 bridgehead atoms. The van der Waals surface area contributed by atoms with Crippen molar-refractivity contribution in [1.29, 1.82) is 0 Å². The second-order valence-corrected chi connectivity index (χ2v) is 8.25. The number of nitrogens with zero attached hydrogens (tertiary/aromatic N) is 1. The van der Waals surface area contributed by atoms with Gasteiger partial charge < -0.3 is 0 Å². The molecule has 18 heavy (non-hydrogen) atoms. The molecule has 1 aliphatic heterocycles. The lowest BCUT2D eigenvalue weighted by Gasteiger charge is -2.27. The highest BCUT2D eigenvalue weighted by Crippen LogP contribution is 2.40. The Balaban J connectivity index is 2.17. The number of imide groups is 1. The standard InChI is InChI=1S/C13H21NO2S2/c1-10(2)13(3,4)18-17-9-5-8-14-11(15)6-7-12(14)16/h6-7,10H,5,8-9H2,1-4H3. The first-order chi connectivity index (χ1) is 8.34. The van der Waals surface area contributed by atoms with Gasteiger partial charge in [-0.15, -0.1) is 0 Å². The third-order valence-corrected chi connectivity index (χ3v) is 6.79. The van der Waals surface area contributed by atoms with Crippen LogP contribution in [0.4, 0.5) is 0 Å². The summed E-state index contributed by atoms with van der Waals surface area (Å²) in [7, 11) is 3.70. The van der Waals surface area contributed by atoms with Gasteiger partial charge in [0.05, 0.1) is 0 Å². The van der Waals surface area contributed by atoms with Gasteiger partial charge in [0.1, 0.15) is 0 Å². The van der Waals surface area contributed by atoms with E-state index in [4.69, 9.17) is 0 Å². The first-order valence-electron chi connectivity index (χ1n) is 6.19. The fourth-order valence-electron chi connectivity index (χ4n) is 1.22. The van der Waals surface area contributed by atoms with Crippen LogP contribution in [0.2, 0.25) is 0 Å². The third kappa shape index (κ3) is 4.35. The molecule has 0 saturated heterocycles. The summed E-state index contributed by atoms with van der Waals surface area (Å²) >= 11 is 0. The normalized spacial score (nSPS) is 16.2. The maximum atomic E-state index is 11.3. The summed E-state index contributed by atoms with van der Waals surface area (Å²) in [5.41, 5.74) is 0. The van der Waals surface area contributed by atoms with Crippen LogP contribution in [0.25, 0.3) is 0 Å². The molecule has 0 radical (unpaired) electrons. The van der Waals surface area contributed by atoms with Gasteiger partial charge in [-0.25, -0.2) is 0 Å². The van der Waals surface area contributed by atoms with Crippen molar-refractivity contribution in [2.75, 3.05) is 12.3 Å². The minimum Gasteiger partial charge on any atom is -0.275 e. The molecule has 5 heteroatoms. The Morgan fingerprint density at radius 2 is 1.78 bits per heavy atom. The van der Waals surface area contributed by atoms with Crippen LogP contribution in [0.1, 0.15) is 34.1 Å². The smallest absolute Gasteiger partial charge is 0.253 e. The van der Waals surface area contributed by atoms with E-state index in [1.165, 1.54) is 17.1 Å². The highest BCUT2D eigenvalue weighted by Gasteiger charge is 2.24. The monoisotopic (exact) mass is 287 g/mol. The molecule has 0 spiro atoms. The summed E-state index contributed by atoms with van der Waals surface area (Å²) in [6, 6.07) is 0. The molecule has 0 atom stereocenters. The fraction of sp³-hybridized carbons (Fsp3) is 0.692. The number of amides is 2. The predicted molar refractivity (Wildman–Crippen MR) is 79.4 cm³/mol. The topological polar surface area (TPSA) is 37.4 Å². The van der Waals surface area contributed by atoms with E-state index in [2.05, 4.69) is 27.7 Å². The molecule has 1 rings (SSSR count). The third-order valence-electron chi connectivity index (χ3n) is 3.17. The second-order valence-electron chi connectivity index (χ2n) is 5.18. The second kappa shape index (κ2) is 6.66. The van der Waals surface area contributed by atoms with E-state index in [0.29, 0.717) is 12.5 Å². The van der Waals surface area contributed by atoms with Gasteiger partial charge >= 0.3 is 0 Å². The minimum absolute atomic E-state index is 0.180. The van der Waals surface area contributed by atoms with Crippen molar-refractivity contribution in [1.82, 2.24) is 4.90 Å². The Kier molecular flexibility index (Phi) is 5.79. The number of hydrogen-bond acceptors (Lipinski definition) is 4. The Morgan fingerprint density at radius 1 is 1.22 bits per heavy atom. The van der Waals surface area contributed by atoms with Gasteiger partial charge in [0.25, 0.3) is 11.8 Å². The van der Waals surface area contributed by atoms with Crippen LogP contribution >= 0.6 is 21.6 Å². The Hall–Kier alpha value is -0.420. The molecule has 1 aliphatic rings. The highest BCUT2D eigenvalue weighted by atomic mass is 33.1. The molecular weight excluding hydrogens is 266 g/mol. The fourth-order valence-corrected chi connectivity index (χ4v) is 4.14. The van der Waals surface area contributed by atoms with Crippen LogP contribution in [-0.2, 0) is 9.59 Å². The SMILES string of the molecule is CC(C)C(C)(C)SSCCCN1C(=O)C=CC1=O. The Bertz CT molecular complexity index is 333. The molecule has 0 saturated carbocycles. The van der Waals surface area contributed by atoms with Crippen LogP contribution in [0.5, 0.6) is 0 Å². The van der Waals surface area contributed by atoms with E-state index >= 15 is 0 Å². The lowest BCUT2D eigenvalue weighted by atomic mass is 10.00. The van der Waals surface area contributed by atoms with E-state index in [9.17, 15) is 9.59 Å². The highest BCUT2D eigenvalue weighted by molar-refractivity contribution is 8.77. The van der Waals surface area contributed by atoms with Gasteiger partial charge in [-0.1, -0.05) is 35.4 Å². The quantitative estimate of drug-likeness (QED) is 0.409. The van der Waals surface area contributed by atoms with Crippen LogP contribution < -0.4 is 0 Å². The van der Waals surface area contributed by atoms with E-state index < -0.39 is 0 Å². The van der Waals surface area contributed by atoms with E-state index in [1.807, 2.05) is 21.6 Å². The zero-order valence-electron chi connectivity index (χ0n) is 11.4. The molecule has 3 nitrogen and oxygen atoms in total. The zero-order valence-corrected chi connectivity index (χ0v) is 13.1. The largest absolute Gasteiger partial charge is 0.275 e. The van der Waals surface area contributed by atoms with Gasteiger partial charge in [0.15, 0.2) is 0 Å². The van der Waals surface area contributed by atoms with Crippen LogP contribution in [0.3, 0.4) is 0 Å². The Labute approximate surface area is 117 Å². The number of rotatable bonds is 7. The molecular formula is C13H21NO2S2. The lowest BCUT2D eigenvalue weighted by molar-refractivity contribution is -0.136. The average Bonchev–Trinajstić information content (AvgIpc) is 2.59. The van der Waals surface area contributed by atoms with Gasteiger partial charge in [-0.3, -0.25) is 14.5 Å². The van der Waals surface area contributed by atoms with E-state index in [-0.39, 0.29) is 16.6 Å². The summed E-state index contributed by atoms with van der Waals surface area (Å²) in [6.07, 6.45) is 3.53. The number of hydrogen-bond donors (Lipinski definition) is 0. The first-order valence-corrected chi connectivity index (χ1v) is 8.50. The van der Waals surface area contributed by atoms with Gasteiger partial charge in [-0.05, 0) is 26.2 Å². The molecule has 2 amide bonds. The van der Waals surface area contributed by atoms with Gasteiger partial charge in [0, 0.05) is 29.2 Å². The molecule has 1 heterocycles. The molecule has 102 valence electrons. The maximum absolute atomic E-state index is 11.3. The van der Waals surface area contributed by atoms with Crippen molar-refractivity contribution >= 4 is 33.4 Å². The van der Waals surface area contributed by atoms with Crippen molar-refractivity contribution in [3.8, 4) is 0 Å². The summed E-state index contributed by atoms with van der Waals surface area (Å²) in [5.74, 6) is 1.22. The maximum Gasteiger partial charge on any atom is 0.253 e. The zero-order chi connectivity index (χ0) is 13.8. The summed E-state index contributed by atoms with van der Waals surface area (Å²) in [6.45, 7) is 9.46. The van der Waals surface area contributed by atoms with Crippen molar-refractivity contribution in [3.63, 3.8) is 0 Å². The van der Waals surface area contributed by atoms with Crippen LogP contribution in [0.15, 0.2) is 12.2 Å². The molecule has 0 unspecified atom stereocenters. The van der Waals surface area contributed by atoms with Crippen molar-refractivity contribution in [2.45, 2.75) is 38.9 Å². The van der Waals surface area contributed by atoms with Crippen molar-refractivity contribution in [2.24, 2.45) is 5.92 Å². The molecule has 0 aromatic carbocycles. The molecule has 0 fully saturated rings. The lowest BCUT2D eigenvalue weighted by Crippen LogP contribution is -2.31. The van der Waals surface area contributed by atoms with E-state index in [1.54, 1.807) is 0 Å². The summed E-state index contributed by atoms with van der Waals surface area (Å²) in [4.78, 5) is 23.9. The molecule has 0 N–H and O–H groups in total. The minimum atomic E-state index is -0.180. The van der Waals surface area contributed by atoms with E-state index in [0.717, 1.165) is 12.2 Å². The molecule has 0 aromatic rings. The molecule has 0 aromatic heterocycles. The van der Waals surface area contributed by atoms with Gasteiger partial charge in [-0.2, -0.15) is 0 Å². The van der Waals surface area contributed by atoms with Crippen LogP contribution in [0, 0.1) is 5.92 Å².